The van der Waals surface area contributed by atoms with Crippen LogP contribution in [0.3, 0.4) is 0 Å². The van der Waals surface area contributed by atoms with Crippen LogP contribution in [0, 0.1) is 6.92 Å². The van der Waals surface area contributed by atoms with Crippen LogP contribution in [0.15, 0.2) is 6.07 Å². The fraction of sp³-hybridized carbons (Fsp3) is 0.571. The summed E-state index contributed by atoms with van der Waals surface area (Å²) in [5.74, 6) is 0. The van der Waals surface area contributed by atoms with Crippen molar-refractivity contribution in [2.45, 2.75) is 51.9 Å². The van der Waals surface area contributed by atoms with Gasteiger partial charge in [-0.15, -0.1) is 0 Å². The zero-order chi connectivity index (χ0) is 12.3. The first kappa shape index (κ1) is 11.3. The van der Waals surface area contributed by atoms with Crippen molar-refractivity contribution in [2.24, 2.45) is 0 Å². The number of benzene rings is 1. The van der Waals surface area contributed by atoms with Gasteiger partial charge in [0, 0.05) is 0 Å². The number of rotatable bonds is 0. The maximum absolute atomic E-state index is 6.04. The molecule has 0 saturated heterocycles. The molecule has 0 heterocycles. The molecule has 1 aromatic rings. The van der Waals surface area contributed by atoms with Crippen molar-refractivity contribution in [2.75, 3.05) is 11.5 Å². The SMILES string of the molecule is Cc1c(N)c(N)cc2c1C(C)(C)CC2(C)C. The highest BCUT2D eigenvalue weighted by Gasteiger charge is 2.43. The number of fused-ring (bicyclic) bond motifs is 1. The zero-order valence-electron chi connectivity index (χ0n) is 10.9. The topological polar surface area (TPSA) is 52.0 Å². The van der Waals surface area contributed by atoms with E-state index in [-0.39, 0.29) is 10.8 Å². The van der Waals surface area contributed by atoms with Gasteiger partial charge in [-0.2, -0.15) is 0 Å². The molecule has 0 aromatic heterocycles. The van der Waals surface area contributed by atoms with E-state index in [1.165, 1.54) is 16.7 Å². The number of nitrogens with two attached hydrogens (primary N) is 2. The van der Waals surface area contributed by atoms with Crippen LogP contribution in [0.25, 0.3) is 0 Å². The van der Waals surface area contributed by atoms with Gasteiger partial charge in [-0.3, -0.25) is 0 Å². The van der Waals surface area contributed by atoms with E-state index in [4.69, 9.17) is 11.5 Å². The fourth-order valence-electron chi connectivity index (χ4n) is 3.55. The summed E-state index contributed by atoms with van der Waals surface area (Å²) in [6.45, 7) is 11.3. The molecule has 2 rings (SSSR count). The van der Waals surface area contributed by atoms with E-state index in [1.54, 1.807) is 0 Å². The largest absolute Gasteiger partial charge is 0.397 e. The van der Waals surface area contributed by atoms with Crippen LogP contribution in [-0.4, -0.2) is 0 Å². The third-order valence-corrected chi connectivity index (χ3v) is 3.95. The maximum atomic E-state index is 6.04. The highest BCUT2D eigenvalue weighted by Crippen LogP contribution is 2.52. The van der Waals surface area contributed by atoms with Gasteiger partial charge >= 0.3 is 0 Å². The molecule has 1 aliphatic carbocycles. The summed E-state index contributed by atoms with van der Waals surface area (Å²) in [5.41, 5.74) is 17.9. The molecule has 0 spiro atoms. The molecular formula is C14H22N2. The highest BCUT2D eigenvalue weighted by atomic mass is 14.7. The summed E-state index contributed by atoms with van der Waals surface area (Å²) in [5, 5.41) is 0. The van der Waals surface area contributed by atoms with Crippen LogP contribution in [0.2, 0.25) is 0 Å². The summed E-state index contributed by atoms with van der Waals surface area (Å²) >= 11 is 0. The molecule has 0 unspecified atom stereocenters. The van der Waals surface area contributed by atoms with Gasteiger partial charge in [-0.25, -0.2) is 0 Å². The van der Waals surface area contributed by atoms with Gasteiger partial charge < -0.3 is 11.5 Å². The number of hydrogen-bond donors (Lipinski definition) is 2. The predicted octanol–water partition coefficient (Wildman–Crippen LogP) is 3.12. The molecule has 16 heavy (non-hydrogen) atoms. The minimum Gasteiger partial charge on any atom is -0.397 e. The van der Waals surface area contributed by atoms with Gasteiger partial charge in [0.2, 0.25) is 0 Å². The molecule has 0 amide bonds. The lowest BCUT2D eigenvalue weighted by Crippen LogP contribution is -2.18. The van der Waals surface area contributed by atoms with Crippen LogP contribution >= 0.6 is 0 Å². The third kappa shape index (κ3) is 1.32. The van der Waals surface area contributed by atoms with Gasteiger partial charge in [0.05, 0.1) is 11.4 Å². The van der Waals surface area contributed by atoms with Crippen molar-refractivity contribution in [1.29, 1.82) is 0 Å². The van der Waals surface area contributed by atoms with Crippen molar-refractivity contribution >= 4 is 11.4 Å². The van der Waals surface area contributed by atoms with Gasteiger partial charge in [0.1, 0.15) is 0 Å². The molecule has 0 bridgehead atoms. The van der Waals surface area contributed by atoms with Crippen molar-refractivity contribution in [3.8, 4) is 0 Å². The monoisotopic (exact) mass is 218 g/mol. The Labute approximate surface area is 98.0 Å². The third-order valence-electron chi connectivity index (χ3n) is 3.95. The summed E-state index contributed by atoms with van der Waals surface area (Å²) in [4.78, 5) is 0. The molecule has 4 N–H and O–H groups in total. The summed E-state index contributed by atoms with van der Waals surface area (Å²) < 4.78 is 0. The minimum atomic E-state index is 0.199. The molecule has 1 aliphatic rings. The van der Waals surface area contributed by atoms with E-state index < -0.39 is 0 Å². The molecular weight excluding hydrogens is 196 g/mol. The van der Waals surface area contributed by atoms with E-state index in [2.05, 4.69) is 40.7 Å². The van der Waals surface area contributed by atoms with Gasteiger partial charge in [0.25, 0.3) is 0 Å². The quantitative estimate of drug-likeness (QED) is 0.657. The van der Waals surface area contributed by atoms with Crippen LogP contribution in [0.4, 0.5) is 11.4 Å². The summed E-state index contributed by atoms with van der Waals surface area (Å²) in [6.07, 6.45) is 1.15. The standard InChI is InChI=1S/C14H22N2/c1-8-11-9(6-10(15)12(8)16)13(2,3)7-14(11,4)5/h6H,7,15-16H2,1-5H3. The molecule has 88 valence electrons. The van der Waals surface area contributed by atoms with Crippen LogP contribution in [-0.2, 0) is 10.8 Å². The maximum Gasteiger partial charge on any atom is 0.0580 e. The Hall–Kier alpha value is -1.18. The van der Waals surface area contributed by atoms with Gasteiger partial charge in [-0.1, -0.05) is 27.7 Å². The Morgan fingerprint density at radius 3 is 2.19 bits per heavy atom. The average molecular weight is 218 g/mol. The first-order valence-corrected chi connectivity index (χ1v) is 5.86. The lowest BCUT2D eigenvalue weighted by Gasteiger charge is -2.23. The number of anilines is 2. The second kappa shape index (κ2) is 2.93. The molecule has 1 aromatic carbocycles. The lowest BCUT2D eigenvalue weighted by molar-refractivity contribution is 0.402. The normalized spacial score (nSPS) is 20.8. The molecule has 0 radical (unpaired) electrons. The first-order valence-electron chi connectivity index (χ1n) is 5.86. The van der Waals surface area contributed by atoms with Crippen molar-refractivity contribution in [3.63, 3.8) is 0 Å². The molecule has 0 saturated carbocycles. The van der Waals surface area contributed by atoms with Crippen molar-refractivity contribution in [3.05, 3.63) is 22.8 Å². The minimum absolute atomic E-state index is 0.199. The van der Waals surface area contributed by atoms with E-state index in [1.807, 2.05) is 0 Å². The van der Waals surface area contributed by atoms with E-state index in [0.717, 1.165) is 17.8 Å². The van der Waals surface area contributed by atoms with Crippen LogP contribution in [0.5, 0.6) is 0 Å². The Kier molecular flexibility index (Phi) is 2.07. The second-order valence-corrected chi connectivity index (χ2v) is 6.37. The van der Waals surface area contributed by atoms with E-state index in [9.17, 15) is 0 Å². The summed E-state index contributed by atoms with van der Waals surface area (Å²) in [6, 6.07) is 2.08. The Morgan fingerprint density at radius 1 is 1.06 bits per heavy atom. The van der Waals surface area contributed by atoms with Crippen LogP contribution < -0.4 is 11.5 Å². The predicted molar refractivity (Wildman–Crippen MR) is 70.7 cm³/mol. The van der Waals surface area contributed by atoms with Crippen molar-refractivity contribution in [1.82, 2.24) is 0 Å². The molecule has 2 heteroatoms. The zero-order valence-corrected chi connectivity index (χ0v) is 10.9. The van der Waals surface area contributed by atoms with Gasteiger partial charge in [0.15, 0.2) is 0 Å². The van der Waals surface area contributed by atoms with E-state index in [0.29, 0.717) is 0 Å². The Bertz CT molecular complexity index is 456. The molecule has 0 aliphatic heterocycles. The molecule has 0 atom stereocenters. The highest BCUT2D eigenvalue weighted by molar-refractivity contribution is 5.73. The Morgan fingerprint density at radius 2 is 1.62 bits per heavy atom. The van der Waals surface area contributed by atoms with Crippen molar-refractivity contribution < 1.29 is 0 Å². The van der Waals surface area contributed by atoms with Crippen LogP contribution in [0.1, 0.15) is 50.8 Å². The number of hydrogen-bond acceptors (Lipinski definition) is 2. The smallest absolute Gasteiger partial charge is 0.0580 e. The summed E-state index contributed by atoms with van der Waals surface area (Å²) in [7, 11) is 0. The molecule has 2 nitrogen and oxygen atoms in total. The lowest BCUT2D eigenvalue weighted by atomic mass is 9.81. The Balaban J connectivity index is 2.82. The van der Waals surface area contributed by atoms with E-state index >= 15 is 0 Å². The first-order chi connectivity index (χ1) is 7.17. The fourth-order valence-corrected chi connectivity index (χ4v) is 3.55. The molecule has 0 fully saturated rings. The number of nitrogen functional groups attached to an aromatic ring is 2. The average Bonchev–Trinajstić information content (AvgIpc) is 2.28. The second-order valence-electron chi connectivity index (χ2n) is 6.37. The van der Waals surface area contributed by atoms with Gasteiger partial charge in [-0.05, 0) is 46.9 Å².